The predicted octanol–water partition coefficient (Wildman–Crippen LogP) is 16.0. The fourth-order valence-corrected chi connectivity index (χ4v) is 11.0. The first kappa shape index (κ1) is 32.1. The van der Waals surface area contributed by atoms with Gasteiger partial charge in [-0.1, -0.05) is 182 Å². The molecular weight excluding hydrogens is 725 g/mol. The van der Waals surface area contributed by atoms with E-state index in [4.69, 9.17) is 0 Å². The van der Waals surface area contributed by atoms with Crippen LogP contribution in [0.4, 0.5) is 0 Å². The first-order valence-electron chi connectivity index (χ1n) is 20.9. The second kappa shape index (κ2) is 11.8. The summed E-state index contributed by atoms with van der Waals surface area (Å²) in [5.74, 6) is 0. The van der Waals surface area contributed by atoms with Gasteiger partial charge in [-0.3, -0.25) is 0 Å². The number of para-hydroxylation sites is 2. The molecular formula is C58H34N2. The zero-order valence-corrected chi connectivity index (χ0v) is 32.5. The van der Waals surface area contributed by atoms with Gasteiger partial charge < -0.3 is 9.13 Å². The molecule has 0 spiro atoms. The summed E-state index contributed by atoms with van der Waals surface area (Å²) in [6, 6.07) is 76.8. The van der Waals surface area contributed by atoms with Crippen LogP contribution in [0.3, 0.4) is 0 Å². The Morgan fingerprint density at radius 3 is 0.900 bits per heavy atom. The van der Waals surface area contributed by atoms with Crippen LogP contribution < -0.4 is 0 Å². The van der Waals surface area contributed by atoms with E-state index in [1.54, 1.807) is 0 Å². The van der Waals surface area contributed by atoms with E-state index >= 15 is 0 Å². The molecule has 60 heavy (non-hydrogen) atoms. The molecule has 0 saturated heterocycles. The van der Waals surface area contributed by atoms with Gasteiger partial charge in [-0.05, 0) is 78.1 Å². The molecule has 0 saturated carbocycles. The third kappa shape index (κ3) is 4.07. The van der Waals surface area contributed by atoms with Gasteiger partial charge in [-0.15, -0.1) is 0 Å². The number of nitrogens with zero attached hydrogens (tertiary/aromatic N) is 2. The van der Waals surface area contributed by atoms with Crippen molar-refractivity contribution in [3.05, 3.63) is 206 Å². The Morgan fingerprint density at radius 1 is 0.217 bits per heavy atom. The largest absolute Gasteiger partial charge is 0.308 e. The summed E-state index contributed by atoms with van der Waals surface area (Å²) in [6.07, 6.45) is 0. The summed E-state index contributed by atoms with van der Waals surface area (Å²) in [4.78, 5) is 0. The Labute approximate surface area is 344 Å². The van der Waals surface area contributed by atoms with Crippen molar-refractivity contribution in [1.29, 1.82) is 0 Å². The van der Waals surface area contributed by atoms with E-state index in [0.717, 1.165) is 0 Å². The lowest BCUT2D eigenvalue weighted by Crippen LogP contribution is -2.00. The summed E-state index contributed by atoms with van der Waals surface area (Å²) in [6.45, 7) is 0. The standard InChI is InChI=1S/C58H34N2/c1-3-19-37-35(17-1)33-51(41-23-7-5-21-39(37)41)59-49-31-15-13-29-47(49)53-43-25-9-12-28-46(43)56-55(57(53)59)45-27-11-10-26-44(45)54-48-30-14-16-32-50(48)60(58(54)56)52-34-36-18-2-4-20-38(36)40-22-6-8-24-42(40)52/h1-34H. The first-order chi connectivity index (χ1) is 29.8. The molecule has 14 rings (SSSR count). The Morgan fingerprint density at radius 2 is 0.500 bits per heavy atom. The molecule has 276 valence electrons. The average molecular weight is 759 g/mol. The van der Waals surface area contributed by atoms with Crippen LogP contribution in [0.5, 0.6) is 0 Å². The maximum Gasteiger partial charge on any atom is 0.0633 e. The van der Waals surface area contributed by atoms with Gasteiger partial charge in [0.2, 0.25) is 0 Å². The van der Waals surface area contributed by atoms with E-state index in [1.165, 1.54) is 130 Å². The molecule has 2 aromatic heterocycles. The SMILES string of the molecule is c1ccc2c(c1)cc(-n1c3ccccc3c3c4ccccc4c4c(c5ccccc5c5c6ccccc6n(-c6cc7ccccc7c7ccccc67)c54)c31)c1ccccc12. The Hall–Kier alpha value is -7.94. The van der Waals surface area contributed by atoms with Crippen molar-refractivity contribution in [3.63, 3.8) is 0 Å². The molecule has 0 aliphatic heterocycles. The number of rotatable bonds is 2. The average Bonchev–Trinajstić information content (AvgIpc) is 3.85. The second-order valence-corrected chi connectivity index (χ2v) is 16.3. The maximum atomic E-state index is 2.60. The van der Waals surface area contributed by atoms with E-state index in [1.807, 2.05) is 0 Å². The summed E-state index contributed by atoms with van der Waals surface area (Å²) in [5.41, 5.74) is 7.27. The van der Waals surface area contributed by atoms with Gasteiger partial charge in [0.1, 0.15) is 0 Å². The fraction of sp³-hybridized carbons (Fsp3) is 0. The maximum absolute atomic E-state index is 2.60. The van der Waals surface area contributed by atoms with Crippen LogP contribution >= 0.6 is 0 Å². The molecule has 0 atom stereocenters. The van der Waals surface area contributed by atoms with Crippen molar-refractivity contribution in [2.45, 2.75) is 0 Å². The van der Waals surface area contributed by atoms with Gasteiger partial charge in [0.25, 0.3) is 0 Å². The lowest BCUT2D eigenvalue weighted by atomic mass is 9.90. The molecule has 0 radical (unpaired) electrons. The molecule has 0 unspecified atom stereocenters. The minimum absolute atomic E-state index is 1.19. The van der Waals surface area contributed by atoms with E-state index in [2.05, 4.69) is 215 Å². The molecule has 14 aromatic rings. The van der Waals surface area contributed by atoms with Gasteiger partial charge in [0.05, 0.1) is 33.4 Å². The third-order valence-electron chi connectivity index (χ3n) is 13.4. The van der Waals surface area contributed by atoms with E-state index in [-0.39, 0.29) is 0 Å². The minimum Gasteiger partial charge on any atom is -0.308 e. The Bertz CT molecular complexity index is 3910. The van der Waals surface area contributed by atoms with E-state index in [9.17, 15) is 0 Å². The Kier molecular flexibility index (Phi) is 6.32. The number of hydrogen-bond acceptors (Lipinski definition) is 0. The highest BCUT2D eigenvalue weighted by Gasteiger charge is 2.27. The minimum atomic E-state index is 1.19. The molecule has 0 aliphatic rings. The number of hydrogen-bond donors (Lipinski definition) is 0. The number of fused-ring (bicyclic) bond motifs is 21. The van der Waals surface area contributed by atoms with Crippen molar-refractivity contribution in [3.8, 4) is 11.4 Å². The zero-order chi connectivity index (χ0) is 39.1. The van der Waals surface area contributed by atoms with Crippen molar-refractivity contribution in [2.75, 3.05) is 0 Å². The smallest absolute Gasteiger partial charge is 0.0633 e. The van der Waals surface area contributed by atoms with Crippen LogP contribution in [0.2, 0.25) is 0 Å². The summed E-state index contributed by atoms with van der Waals surface area (Å²) in [5, 5.41) is 22.7. The van der Waals surface area contributed by atoms with Crippen molar-refractivity contribution in [2.24, 2.45) is 0 Å². The normalized spacial score (nSPS) is 12.3. The lowest BCUT2D eigenvalue weighted by Gasteiger charge is -2.19. The summed E-state index contributed by atoms with van der Waals surface area (Å²) >= 11 is 0. The van der Waals surface area contributed by atoms with Gasteiger partial charge >= 0.3 is 0 Å². The van der Waals surface area contributed by atoms with Gasteiger partial charge in [0.15, 0.2) is 0 Å². The summed E-state index contributed by atoms with van der Waals surface area (Å²) in [7, 11) is 0. The molecule has 12 aromatic carbocycles. The second-order valence-electron chi connectivity index (χ2n) is 16.3. The number of aromatic nitrogens is 2. The van der Waals surface area contributed by atoms with E-state index < -0.39 is 0 Å². The molecule has 2 heterocycles. The Balaban J connectivity index is 1.32. The molecule has 2 nitrogen and oxygen atoms in total. The zero-order valence-electron chi connectivity index (χ0n) is 32.5. The van der Waals surface area contributed by atoms with Crippen LogP contribution in [0.25, 0.3) is 130 Å². The molecule has 2 heteroatoms. The molecule has 0 fully saturated rings. The van der Waals surface area contributed by atoms with Crippen LogP contribution in [0.1, 0.15) is 0 Å². The lowest BCUT2D eigenvalue weighted by molar-refractivity contribution is 1.21. The summed E-state index contributed by atoms with van der Waals surface area (Å²) < 4.78 is 5.20. The van der Waals surface area contributed by atoms with Gasteiger partial charge in [0, 0.05) is 43.1 Å². The number of benzene rings is 12. The van der Waals surface area contributed by atoms with Gasteiger partial charge in [-0.25, -0.2) is 0 Å². The molecule has 0 bridgehead atoms. The van der Waals surface area contributed by atoms with Gasteiger partial charge in [-0.2, -0.15) is 0 Å². The van der Waals surface area contributed by atoms with Crippen LogP contribution in [-0.4, -0.2) is 9.13 Å². The quantitative estimate of drug-likeness (QED) is 0.155. The predicted molar refractivity (Wildman–Crippen MR) is 258 cm³/mol. The van der Waals surface area contributed by atoms with Crippen molar-refractivity contribution < 1.29 is 0 Å². The first-order valence-corrected chi connectivity index (χ1v) is 20.9. The molecule has 0 amide bonds. The van der Waals surface area contributed by atoms with Crippen molar-refractivity contribution >= 4 is 119 Å². The highest BCUT2D eigenvalue weighted by molar-refractivity contribution is 6.44. The molecule has 0 aliphatic carbocycles. The highest BCUT2D eigenvalue weighted by Crippen LogP contribution is 2.51. The molecule has 0 N–H and O–H groups in total. The fourth-order valence-electron chi connectivity index (χ4n) is 11.0. The van der Waals surface area contributed by atoms with Crippen LogP contribution in [0, 0.1) is 0 Å². The van der Waals surface area contributed by atoms with Crippen LogP contribution in [0.15, 0.2) is 206 Å². The van der Waals surface area contributed by atoms with Crippen LogP contribution in [-0.2, 0) is 0 Å². The van der Waals surface area contributed by atoms with E-state index in [0.29, 0.717) is 0 Å². The topological polar surface area (TPSA) is 9.86 Å². The monoisotopic (exact) mass is 758 g/mol. The highest BCUT2D eigenvalue weighted by atomic mass is 15.0. The third-order valence-corrected chi connectivity index (χ3v) is 13.4. The van der Waals surface area contributed by atoms with Crippen molar-refractivity contribution in [1.82, 2.24) is 9.13 Å².